The Balaban J connectivity index is 2.03. The summed E-state index contributed by atoms with van der Waals surface area (Å²) in [6, 6.07) is 0. The number of carbonyl (C=O) groups is 5. The van der Waals surface area contributed by atoms with Crippen molar-refractivity contribution in [1.82, 2.24) is 4.90 Å². The molecule has 1 atom stereocenters. The Morgan fingerprint density at radius 1 is 0.604 bits per heavy atom. The summed E-state index contributed by atoms with van der Waals surface area (Å²) < 4.78 is 33.2. The molecule has 13 heteroatoms. The number of amides is 1. The van der Waals surface area contributed by atoms with E-state index >= 15 is 0 Å². The third-order valence-corrected chi connectivity index (χ3v) is 10.5. The highest BCUT2D eigenvalue weighted by Crippen LogP contribution is 2.33. The van der Waals surface area contributed by atoms with Crippen molar-refractivity contribution in [2.45, 2.75) is 131 Å². The molecule has 0 aromatic heterocycles. The number of carbonyl (C=O) groups excluding carboxylic acids is 5. The molecule has 2 aliphatic carbocycles. The maximum absolute atomic E-state index is 13.1. The molecule has 2 rings (SSSR count). The van der Waals surface area contributed by atoms with Gasteiger partial charge in [0.2, 0.25) is 0 Å². The lowest BCUT2D eigenvalue weighted by molar-refractivity contribution is -0.165. The van der Waals surface area contributed by atoms with Crippen LogP contribution in [0.25, 0.3) is 0 Å². The Labute approximate surface area is 317 Å². The Kier molecular flexibility index (Phi) is 19.6. The zero-order chi connectivity index (χ0) is 39.7. The third-order valence-electron chi connectivity index (χ3n) is 10.5. The van der Waals surface area contributed by atoms with Crippen molar-refractivity contribution in [3.8, 4) is 0 Å². The number of esters is 4. The average Bonchev–Trinajstić information content (AvgIpc) is 3.13. The van der Waals surface area contributed by atoms with Gasteiger partial charge in [-0.25, -0.2) is 4.79 Å². The van der Waals surface area contributed by atoms with Gasteiger partial charge in [0.1, 0.15) is 32.0 Å². The smallest absolute Gasteiger partial charge is 0.410 e. The van der Waals surface area contributed by atoms with E-state index < -0.39 is 34.5 Å². The summed E-state index contributed by atoms with van der Waals surface area (Å²) in [6.45, 7) is 12.3. The van der Waals surface area contributed by atoms with Crippen LogP contribution in [0.1, 0.15) is 126 Å². The molecule has 1 amide bonds. The van der Waals surface area contributed by atoms with E-state index in [1.54, 1.807) is 34.6 Å². The van der Waals surface area contributed by atoms with Gasteiger partial charge in [-0.2, -0.15) is 0 Å². The molecule has 306 valence electrons. The van der Waals surface area contributed by atoms with Crippen molar-refractivity contribution in [2.75, 3.05) is 59.8 Å². The Hall–Kier alpha value is -2.93. The number of aliphatic hydroxyl groups excluding tert-OH is 1. The number of rotatable bonds is 21. The Morgan fingerprint density at radius 2 is 1.00 bits per heavy atom. The van der Waals surface area contributed by atoms with Crippen molar-refractivity contribution >= 4 is 30.0 Å². The minimum Gasteiger partial charge on any atom is -0.465 e. The molecule has 1 N–H and O–H groups in total. The summed E-state index contributed by atoms with van der Waals surface area (Å²) in [5, 5.41) is 9.66. The maximum atomic E-state index is 13.1. The summed E-state index contributed by atoms with van der Waals surface area (Å²) in [5.41, 5.74) is -2.59. The zero-order valence-electron chi connectivity index (χ0n) is 33.8. The topological polar surface area (TPSA) is 164 Å². The Morgan fingerprint density at radius 3 is 1.36 bits per heavy atom. The van der Waals surface area contributed by atoms with Crippen LogP contribution in [0.15, 0.2) is 0 Å². The molecule has 13 nitrogen and oxygen atoms in total. The van der Waals surface area contributed by atoms with Gasteiger partial charge in [-0.1, -0.05) is 33.6 Å². The highest BCUT2D eigenvalue weighted by molar-refractivity contribution is 5.74. The first-order valence-corrected chi connectivity index (χ1v) is 19.7. The standard InChI is InChI=1S/C40H69NO12/c1-9-29-11-15-31(16-12-29)35(45)51-27-40(7,28-52-36(46)32-17-13-30(10-2)14-18-32)26-50-34(44)20-22-41(37(47)53-38(3,4)5)21-19-33(43)49-25-39(6,23-42)24-48-8/h29-32,42H,9-28H2,1-8H3. The van der Waals surface area contributed by atoms with Crippen LogP contribution < -0.4 is 0 Å². The fraction of sp³-hybridized carbons (Fsp3) is 0.875. The molecule has 2 fully saturated rings. The molecule has 0 heterocycles. The Bertz CT molecular complexity index is 1110. The molecule has 0 aromatic rings. The quantitative estimate of drug-likeness (QED) is 0.103. The maximum Gasteiger partial charge on any atom is 0.410 e. The van der Waals surface area contributed by atoms with Gasteiger partial charge in [-0.15, -0.1) is 0 Å². The molecular weight excluding hydrogens is 686 g/mol. The monoisotopic (exact) mass is 755 g/mol. The van der Waals surface area contributed by atoms with Crippen LogP contribution in [-0.4, -0.2) is 105 Å². The van der Waals surface area contributed by atoms with Crippen molar-refractivity contribution in [2.24, 2.45) is 34.5 Å². The van der Waals surface area contributed by atoms with Crippen LogP contribution in [0.4, 0.5) is 4.79 Å². The highest BCUT2D eigenvalue weighted by Gasteiger charge is 2.35. The molecule has 0 saturated heterocycles. The van der Waals surface area contributed by atoms with E-state index in [9.17, 15) is 29.1 Å². The van der Waals surface area contributed by atoms with Gasteiger partial charge >= 0.3 is 30.0 Å². The number of hydrogen-bond donors (Lipinski definition) is 1. The third kappa shape index (κ3) is 17.4. The summed E-state index contributed by atoms with van der Waals surface area (Å²) >= 11 is 0. The van der Waals surface area contributed by atoms with Crippen molar-refractivity contribution in [1.29, 1.82) is 0 Å². The first-order valence-electron chi connectivity index (χ1n) is 19.7. The lowest BCUT2D eigenvalue weighted by Gasteiger charge is -2.32. The van der Waals surface area contributed by atoms with Crippen LogP contribution in [0, 0.1) is 34.5 Å². The fourth-order valence-corrected chi connectivity index (χ4v) is 6.67. The molecule has 1 unspecified atom stereocenters. The predicted molar refractivity (Wildman–Crippen MR) is 198 cm³/mol. The van der Waals surface area contributed by atoms with E-state index in [1.165, 1.54) is 12.0 Å². The normalized spacial score (nSPS) is 22.7. The van der Waals surface area contributed by atoms with Crippen LogP contribution in [-0.2, 0) is 47.6 Å². The average molecular weight is 756 g/mol. The van der Waals surface area contributed by atoms with E-state index in [0.717, 1.165) is 64.2 Å². The molecule has 0 aromatic carbocycles. The molecule has 2 aliphatic rings. The predicted octanol–water partition coefficient (Wildman–Crippen LogP) is 6.26. The van der Waals surface area contributed by atoms with Gasteiger partial charge in [-0.3, -0.25) is 19.2 Å². The minimum absolute atomic E-state index is 0.0711. The van der Waals surface area contributed by atoms with Gasteiger partial charge < -0.3 is 38.4 Å². The van der Waals surface area contributed by atoms with Crippen molar-refractivity contribution < 1.29 is 57.5 Å². The fourth-order valence-electron chi connectivity index (χ4n) is 6.67. The van der Waals surface area contributed by atoms with Gasteiger partial charge in [0.25, 0.3) is 0 Å². The SMILES string of the molecule is CCC1CCC(C(=O)OCC(C)(COC(=O)CCN(CCC(=O)OCC(C)(CO)COC)C(=O)OC(C)(C)C)COC(=O)C2CCC(CC)CC2)CC1. The van der Waals surface area contributed by atoms with E-state index in [2.05, 4.69) is 13.8 Å². The van der Waals surface area contributed by atoms with Crippen LogP contribution in [0.2, 0.25) is 0 Å². The molecule has 53 heavy (non-hydrogen) atoms. The number of methoxy groups -OCH3 is 1. The minimum atomic E-state index is -0.997. The summed E-state index contributed by atoms with van der Waals surface area (Å²) in [4.78, 5) is 66.1. The van der Waals surface area contributed by atoms with E-state index in [1.807, 2.05) is 0 Å². The van der Waals surface area contributed by atoms with Crippen LogP contribution >= 0.6 is 0 Å². The van der Waals surface area contributed by atoms with Crippen LogP contribution in [0.5, 0.6) is 0 Å². The van der Waals surface area contributed by atoms with E-state index in [-0.39, 0.29) is 89.3 Å². The molecule has 0 bridgehead atoms. The lowest BCUT2D eigenvalue weighted by atomic mass is 9.81. The van der Waals surface area contributed by atoms with Crippen molar-refractivity contribution in [3.63, 3.8) is 0 Å². The van der Waals surface area contributed by atoms with Gasteiger partial charge in [0, 0.05) is 25.6 Å². The summed E-state index contributed by atoms with van der Waals surface area (Å²) in [6.07, 6.45) is 8.18. The molecule has 2 saturated carbocycles. The lowest BCUT2D eigenvalue weighted by Crippen LogP contribution is -2.41. The first kappa shape index (κ1) is 46.2. The van der Waals surface area contributed by atoms with Crippen molar-refractivity contribution in [3.05, 3.63) is 0 Å². The molecule has 0 spiro atoms. The molecule has 0 radical (unpaired) electrons. The second-order valence-corrected chi connectivity index (χ2v) is 17.0. The van der Waals surface area contributed by atoms with Gasteiger partial charge in [-0.05, 0) is 90.9 Å². The number of nitrogens with zero attached hydrogens (tertiary/aromatic N) is 1. The van der Waals surface area contributed by atoms with Crippen LogP contribution in [0.3, 0.4) is 0 Å². The van der Waals surface area contributed by atoms with Gasteiger partial charge in [0.05, 0.1) is 43.3 Å². The van der Waals surface area contributed by atoms with E-state index in [0.29, 0.717) is 11.8 Å². The molecular formula is C40H69NO12. The number of ether oxygens (including phenoxy) is 6. The second-order valence-electron chi connectivity index (χ2n) is 17.0. The largest absolute Gasteiger partial charge is 0.465 e. The van der Waals surface area contributed by atoms with Gasteiger partial charge in [0.15, 0.2) is 0 Å². The number of aliphatic hydroxyl groups is 1. The summed E-state index contributed by atoms with van der Waals surface area (Å²) in [5.74, 6) is -0.884. The first-order chi connectivity index (χ1) is 24.9. The molecule has 0 aliphatic heterocycles. The summed E-state index contributed by atoms with van der Waals surface area (Å²) in [7, 11) is 1.49. The highest BCUT2D eigenvalue weighted by atomic mass is 16.6. The second kappa shape index (κ2) is 22.4. The number of hydrogen-bond acceptors (Lipinski definition) is 12. The van der Waals surface area contributed by atoms with E-state index in [4.69, 9.17) is 28.4 Å². The zero-order valence-corrected chi connectivity index (χ0v) is 33.8.